The molecule has 3 aromatic heterocycles. The fraction of sp³-hybridized carbons (Fsp3) is 0.214. The van der Waals surface area contributed by atoms with Crippen molar-refractivity contribution in [1.29, 1.82) is 0 Å². The van der Waals surface area contributed by atoms with E-state index in [4.69, 9.17) is 4.52 Å². The molecule has 0 aliphatic heterocycles. The monoisotopic (exact) mass is 330 g/mol. The molecule has 10 nitrogen and oxygen atoms in total. The number of aromatic nitrogens is 5. The SMILES string of the molecule is COC(=O)Cn1ccc(NC(=O)c2cc(Cn3cccn3)on2)n1. The van der Waals surface area contributed by atoms with Crippen LogP contribution in [0.5, 0.6) is 0 Å². The Kier molecular flexibility index (Phi) is 4.36. The second kappa shape index (κ2) is 6.77. The predicted octanol–water partition coefficient (Wildman–Crippen LogP) is 0.541. The number of carbonyl (C=O) groups excluding carboxylic acids is 2. The van der Waals surface area contributed by atoms with Crippen LogP contribution < -0.4 is 5.32 Å². The van der Waals surface area contributed by atoms with Crippen LogP contribution in [0.1, 0.15) is 16.2 Å². The smallest absolute Gasteiger partial charge is 0.327 e. The van der Waals surface area contributed by atoms with E-state index in [9.17, 15) is 9.59 Å². The van der Waals surface area contributed by atoms with E-state index in [2.05, 4.69) is 25.4 Å². The molecule has 1 amide bonds. The summed E-state index contributed by atoms with van der Waals surface area (Å²) in [5.74, 6) is -0.106. The molecule has 0 aromatic carbocycles. The Morgan fingerprint density at radius 3 is 2.96 bits per heavy atom. The molecule has 124 valence electrons. The number of amides is 1. The van der Waals surface area contributed by atoms with Crippen LogP contribution in [0.2, 0.25) is 0 Å². The topological polar surface area (TPSA) is 117 Å². The number of nitrogens with zero attached hydrogens (tertiary/aromatic N) is 5. The Hall–Kier alpha value is -3.43. The van der Waals surface area contributed by atoms with Crippen molar-refractivity contribution in [1.82, 2.24) is 24.7 Å². The van der Waals surface area contributed by atoms with Crippen molar-refractivity contribution >= 4 is 17.7 Å². The van der Waals surface area contributed by atoms with E-state index >= 15 is 0 Å². The first-order valence-corrected chi connectivity index (χ1v) is 6.98. The highest BCUT2D eigenvalue weighted by Gasteiger charge is 2.14. The molecule has 0 atom stereocenters. The molecule has 0 aliphatic rings. The maximum atomic E-state index is 12.1. The highest BCUT2D eigenvalue weighted by molar-refractivity contribution is 6.02. The van der Waals surface area contributed by atoms with Gasteiger partial charge in [-0.25, -0.2) is 0 Å². The van der Waals surface area contributed by atoms with Gasteiger partial charge in [-0.1, -0.05) is 5.16 Å². The Bertz CT molecular complexity index is 835. The van der Waals surface area contributed by atoms with Crippen molar-refractivity contribution in [3.63, 3.8) is 0 Å². The van der Waals surface area contributed by atoms with E-state index < -0.39 is 11.9 Å². The number of esters is 1. The van der Waals surface area contributed by atoms with Crippen molar-refractivity contribution in [3.8, 4) is 0 Å². The number of methoxy groups -OCH3 is 1. The first kappa shape index (κ1) is 15.5. The number of hydrogen-bond donors (Lipinski definition) is 1. The molecule has 0 saturated heterocycles. The fourth-order valence-corrected chi connectivity index (χ4v) is 1.94. The van der Waals surface area contributed by atoms with Crippen molar-refractivity contribution in [2.24, 2.45) is 0 Å². The average molecular weight is 330 g/mol. The first-order chi connectivity index (χ1) is 11.6. The van der Waals surface area contributed by atoms with Gasteiger partial charge in [0.05, 0.1) is 7.11 Å². The average Bonchev–Trinajstić information content (AvgIpc) is 3.30. The minimum absolute atomic E-state index is 0.0374. The molecule has 0 aliphatic carbocycles. The molecule has 3 heterocycles. The Balaban J connectivity index is 1.61. The lowest BCUT2D eigenvalue weighted by atomic mass is 10.3. The Morgan fingerprint density at radius 1 is 1.33 bits per heavy atom. The van der Waals surface area contributed by atoms with Gasteiger partial charge in [0.1, 0.15) is 13.1 Å². The van der Waals surface area contributed by atoms with Crippen LogP contribution in [0, 0.1) is 0 Å². The summed E-state index contributed by atoms with van der Waals surface area (Å²) in [6.45, 7) is 0.339. The molecule has 0 radical (unpaired) electrons. The second-order valence-electron chi connectivity index (χ2n) is 4.81. The summed E-state index contributed by atoms with van der Waals surface area (Å²) in [5, 5.41) is 14.4. The normalized spacial score (nSPS) is 10.5. The van der Waals surface area contributed by atoms with Gasteiger partial charge in [0.25, 0.3) is 5.91 Å². The van der Waals surface area contributed by atoms with Crippen LogP contribution in [0.15, 0.2) is 41.3 Å². The zero-order chi connectivity index (χ0) is 16.9. The minimum Gasteiger partial charge on any atom is -0.468 e. The number of carbonyl (C=O) groups is 2. The molecule has 0 bridgehead atoms. The predicted molar refractivity (Wildman–Crippen MR) is 80.0 cm³/mol. The maximum absolute atomic E-state index is 12.1. The Labute approximate surface area is 136 Å². The van der Waals surface area contributed by atoms with Gasteiger partial charge in [0.2, 0.25) is 0 Å². The van der Waals surface area contributed by atoms with Gasteiger partial charge in [-0.15, -0.1) is 0 Å². The van der Waals surface area contributed by atoms with E-state index in [0.29, 0.717) is 18.1 Å². The highest BCUT2D eigenvalue weighted by atomic mass is 16.5. The van der Waals surface area contributed by atoms with Gasteiger partial charge >= 0.3 is 5.97 Å². The summed E-state index contributed by atoms with van der Waals surface area (Å²) in [5.41, 5.74) is 0.125. The van der Waals surface area contributed by atoms with Gasteiger partial charge in [0.15, 0.2) is 17.3 Å². The van der Waals surface area contributed by atoms with E-state index in [1.165, 1.54) is 17.9 Å². The Morgan fingerprint density at radius 2 is 2.21 bits per heavy atom. The van der Waals surface area contributed by atoms with E-state index in [0.717, 1.165) is 0 Å². The second-order valence-corrected chi connectivity index (χ2v) is 4.81. The van der Waals surface area contributed by atoms with Crippen LogP contribution >= 0.6 is 0 Å². The third-order valence-electron chi connectivity index (χ3n) is 3.07. The van der Waals surface area contributed by atoms with Gasteiger partial charge in [-0.3, -0.25) is 19.0 Å². The molecule has 10 heteroatoms. The maximum Gasteiger partial charge on any atom is 0.327 e. The summed E-state index contributed by atoms with van der Waals surface area (Å²) < 4.78 is 12.7. The molecule has 0 saturated carbocycles. The zero-order valence-corrected chi connectivity index (χ0v) is 12.7. The molecule has 3 aromatic rings. The molecule has 0 unspecified atom stereocenters. The standard InChI is InChI=1S/C14H14N6O4/c1-23-13(21)9-20-6-3-12(17-20)16-14(22)11-7-10(24-18-11)8-19-5-2-4-15-19/h2-7H,8-9H2,1H3,(H,16,17,22). The summed E-state index contributed by atoms with van der Waals surface area (Å²) in [6.07, 6.45) is 4.98. The number of anilines is 1. The number of rotatable bonds is 6. The quantitative estimate of drug-likeness (QED) is 0.655. The molecule has 3 rings (SSSR count). The molecule has 1 N–H and O–H groups in total. The van der Waals surface area contributed by atoms with E-state index in [-0.39, 0.29) is 12.2 Å². The molecular formula is C14H14N6O4. The van der Waals surface area contributed by atoms with Crippen molar-refractivity contribution in [2.75, 3.05) is 12.4 Å². The molecule has 0 fully saturated rings. The molecule has 0 spiro atoms. The lowest BCUT2D eigenvalue weighted by molar-refractivity contribution is -0.141. The summed E-state index contributed by atoms with van der Waals surface area (Å²) in [6, 6.07) is 4.88. The van der Waals surface area contributed by atoms with Crippen LogP contribution in [0.4, 0.5) is 5.82 Å². The molecule has 24 heavy (non-hydrogen) atoms. The third-order valence-corrected chi connectivity index (χ3v) is 3.07. The first-order valence-electron chi connectivity index (χ1n) is 6.98. The third kappa shape index (κ3) is 3.66. The summed E-state index contributed by atoms with van der Waals surface area (Å²) in [4.78, 5) is 23.3. The number of nitrogens with one attached hydrogen (secondary N) is 1. The highest BCUT2D eigenvalue weighted by Crippen LogP contribution is 2.09. The summed E-state index contributed by atoms with van der Waals surface area (Å²) in [7, 11) is 1.29. The number of hydrogen-bond acceptors (Lipinski definition) is 7. The van der Waals surface area contributed by atoms with Gasteiger partial charge < -0.3 is 14.6 Å². The lowest BCUT2D eigenvalue weighted by Gasteiger charge is -1.99. The van der Waals surface area contributed by atoms with Crippen LogP contribution in [-0.4, -0.2) is 43.7 Å². The molecular weight excluding hydrogens is 316 g/mol. The van der Waals surface area contributed by atoms with Crippen molar-refractivity contribution < 1.29 is 18.8 Å². The van der Waals surface area contributed by atoms with E-state index in [1.54, 1.807) is 35.4 Å². The van der Waals surface area contributed by atoms with Gasteiger partial charge in [-0.05, 0) is 6.07 Å². The van der Waals surface area contributed by atoms with Crippen LogP contribution in [-0.2, 0) is 22.6 Å². The minimum atomic E-state index is -0.464. The fourth-order valence-electron chi connectivity index (χ4n) is 1.94. The van der Waals surface area contributed by atoms with E-state index in [1.807, 2.05) is 0 Å². The summed E-state index contributed by atoms with van der Waals surface area (Å²) >= 11 is 0. The van der Waals surface area contributed by atoms with Crippen molar-refractivity contribution in [3.05, 3.63) is 48.2 Å². The largest absolute Gasteiger partial charge is 0.468 e. The zero-order valence-electron chi connectivity index (χ0n) is 12.7. The number of ether oxygens (including phenoxy) is 1. The van der Waals surface area contributed by atoms with Crippen LogP contribution in [0.25, 0.3) is 0 Å². The van der Waals surface area contributed by atoms with Crippen molar-refractivity contribution in [2.45, 2.75) is 13.1 Å². The van der Waals surface area contributed by atoms with Gasteiger partial charge in [-0.2, -0.15) is 10.2 Å². The van der Waals surface area contributed by atoms with Gasteiger partial charge in [0, 0.05) is 30.7 Å². The lowest BCUT2D eigenvalue weighted by Crippen LogP contribution is -2.15. The van der Waals surface area contributed by atoms with Crippen LogP contribution in [0.3, 0.4) is 0 Å².